The summed E-state index contributed by atoms with van der Waals surface area (Å²) in [6.07, 6.45) is 1.01. The van der Waals surface area contributed by atoms with Gasteiger partial charge in [-0.25, -0.2) is 4.39 Å². The summed E-state index contributed by atoms with van der Waals surface area (Å²) in [5.74, 6) is -0.166. The maximum Gasteiger partial charge on any atom is 0.127 e. The molecule has 0 N–H and O–H groups in total. The van der Waals surface area contributed by atoms with Crippen LogP contribution in [0.2, 0.25) is 10.0 Å². The van der Waals surface area contributed by atoms with Crippen LogP contribution in [-0.4, -0.2) is 22.9 Å². The van der Waals surface area contributed by atoms with Crippen molar-refractivity contribution < 1.29 is 4.39 Å². The first kappa shape index (κ1) is 20.4. The first-order chi connectivity index (χ1) is 14.1. The van der Waals surface area contributed by atoms with Crippen LogP contribution in [0.4, 0.5) is 4.39 Å². The molecule has 0 saturated carbocycles. The Balaban J connectivity index is 1.68. The lowest BCUT2D eigenvalue weighted by Crippen LogP contribution is -2.47. The van der Waals surface area contributed by atoms with Gasteiger partial charge in [0.15, 0.2) is 0 Å². The predicted octanol–water partition coefficient (Wildman–Crippen LogP) is 6.54. The van der Waals surface area contributed by atoms with Gasteiger partial charge < -0.3 is 0 Å². The first-order valence-corrected chi connectivity index (χ1v) is 10.6. The molecule has 3 aromatic carbocycles. The zero-order valence-electron chi connectivity index (χ0n) is 16.1. The van der Waals surface area contributed by atoms with E-state index in [2.05, 4.69) is 21.9 Å². The Hall–Kier alpha value is -1.91. The molecule has 0 aromatic heterocycles. The van der Waals surface area contributed by atoms with Crippen molar-refractivity contribution in [3.63, 3.8) is 0 Å². The average molecular weight is 429 g/mol. The molecule has 0 bridgehead atoms. The van der Waals surface area contributed by atoms with Gasteiger partial charge in [0, 0.05) is 41.8 Å². The zero-order valence-corrected chi connectivity index (χ0v) is 17.6. The van der Waals surface area contributed by atoms with Crippen LogP contribution >= 0.6 is 23.2 Å². The molecule has 29 heavy (non-hydrogen) atoms. The topological polar surface area (TPSA) is 6.48 Å². The molecule has 150 valence electrons. The summed E-state index contributed by atoms with van der Waals surface area (Å²) in [5.41, 5.74) is 2.91. The highest BCUT2D eigenvalue weighted by molar-refractivity contribution is 6.31. The van der Waals surface area contributed by atoms with Crippen LogP contribution in [0.1, 0.15) is 29.3 Å². The average Bonchev–Trinajstić information content (AvgIpc) is 2.72. The molecular formula is C24H23Cl2FN2. The minimum atomic E-state index is -0.166. The van der Waals surface area contributed by atoms with Crippen LogP contribution in [0, 0.1) is 5.82 Å². The van der Waals surface area contributed by atoms with Crippen LogP contribution in [0.15, 0.2) is 72.8 Å². The lowest BCUT2D eigenvalue weighted by molar-refractivity contribution is -0.00962. The van der Waals surface area contributed by atoms with Gasteiger partial charge in [0.2, 0.25) is 0 Å². The largest absolute Gasteiger partial charge is 0.280 e. The molecular weight excluding hydrogens is 406 g/mol. The van der Waals surface area contributed by atoms with E-state index in [0.717, 1.165) is 42.2 Å². The van der Waals surface area contributed by atoms with Crippen molar-refractivity contribution in [1.29, 1.82) is 0 Å². The molecule has 0 amide bonds. The molecule has 0 aliphatic carbocycles. The minimum absolute atomic E-state index is 0.00155. The van der Waals surface area contributed by atoms with Gasteiger partial charge >= 0.3 is 0 Å². The number of rotatable bonds is 5. The quantitative estimate of drug-likeness (QED) is 0.455. The van der Waals surface area contributed by atoms with Gasteiger partial charge in [-0.15, -0.1) is 0 Å². The van der Waals surface area contributed by atoms with E-state index in [9.17, 15) is 4.39 Å². The van der Waals surface area contributed by atoms with Crippen LogP contribution in [0.5, 0.6) is 0 Å². The lowest BCUT2D eigenvalue weighted by Gasteiger charge is -2.44. The number of hydrogen-bond acceptors (Lipinski definition) is 2. The number of halogens is 3. The van der Waals surface area contributed by atoms with Crippen LogP contribution < -0.4 is 0 Å². The Morgan fingerprint density at radius 3 is 2.14 bits per heavy atom. The van der Waals surface area contributed by atoms with E-state index in [-0.39, 0.29) is 12.0 Å². The number of benzene rings is 3. The smallest absolute Gasteiger partial charge is 0.127 e. The van der Waals surface area contributed by atoms with E-state index in [1.54, 1.807) is 6.07 Å². The third-order valence-corrected chi connectivity index (χ3v) is 6.00. The van der Waals surface area contributed by atoms with Gasteiger partial charge in [-0.1, -0.05) is 71.7 Å². The van der Waals surface area contributed by atoms with Crippen molar-refractivity contribution in [2.75, 3.05) is 13.1 Å². The summed E-state index contributed by atoms with van der Waals surface area (Å²) in [6.45, 7) is 3.11. The van der Waals surface area contributed by atoms with Gasteiger partial charge in [-0.2, -0.15) is 0 Å². The second-order valence-corrected chi connectivity index (χ2v) is 8.25. The standard InChI is InChI=1S/C24H23Cl2FN2/c25-21-10-5-9-18(15-21)24-28(16-19-7-1-3-11-22(19)26)13-6-14-29(24)17-20-8-2-4-12-23(20)27/h1-5,7-12,15,24H,6,13-14,16-17H2/t24-/m0/s1. The van der Waals surface area contributed by atoms with Crippen molar-refractivity contribution in [3.8, 4) is 0 Å². The molecule has 1 fully saturated rings. The molecule has 5 heteroatoms. The summed E-state index contributed by atoms with van der Waals surface area (Å²) in [5, 5.41) is 1.47. The second kappa shape index (κ2) is 9.27. The van der Waals surface area contributed by atoms with E-state index in [1.165, 1.54) is 6.07 Å². The van der Waals surface area contributed by atoms with Gasteiger partial charge in [0.25, 0.3) is 0 Å². The number of nitrogens with zero attached hydrogens (tertiary/aromatic N) is 2. The fraction of sp³-hybridized carbons (Fsp3) is 0.250. The maximum atomic E-state index is 14.4. The molecule has 4 rings (SSSR count). The Bertz CT molecular complexity index is 923. The molecule has 0 unspecified atom stereocenters. The first-order valence-electron chi connectivity index (χ1n) is 9.82. The van der Waals surface area contributed by atoms with Gasteiger partial charge in [0.1, 0.15) is 5.82 Å². The summed E-state index contributed by atoms with van der Waals surface area (Å²) in [7, 11) is 0. The van der Waals surface area contributed by atoms with Crippen LogP contribution in [0.25, 0.3) is 0 Å². The number of hydrogen-bond donors (Lipinski definition) is 0. The van der Waals surface area contributed by atoms with E-state index >= 15 is 0 Å². The highest BCUT2D eigenvalue weighted by Gasteiger charge is 2.31. The monoisotopic (exact) mass is 428 g/mol. The van der Waals surface area contributed by atoms with Gasteiger partial charge in [0.05, 0.1) is 6.17 Å². The summed E-state index contributed by atoms with van der Waals surface area (Å²) in [4.78, 5) is 4.72. The van der Waals surface area contributed by atoms with E-state index in [4.69, 9.17) is 23.2 Å². The summed E-state index contributed by atoms with van der Waals surface area (Å²) >= 11 is 12.8. The predicted molar refractivity (Wildman–Crippen MR) is 117 cm³/mol. The van der Waals surface area contributed by atoms with Crippen molar-refractivity contribution >= 4 is 23.2 Å². The summed E-state index contributed by atoms with van der Waals surface area (Å²) < 4.78 is 14.4. The van der Waals surface area contributed by atoms with Crippen LogP contribution in [-0.2, 0) is 13.1 Å². The molecule has 0 spiro atoms. The highest BCUT2D eigenvalue weighted by atomic mass is 35.5. The van der Waals surface area contributed by atoms with Crippen LogP contribution in [0.3, 0.4) is 0 Å². The molecule has 0 radical (unpaired) electrons. The third-order valence-electron chi connectivity index (χ3n) is 5.39. The fourth-order valence-electron chi connectivity index (χ4n) is 4.06. The lowest BCUT2D eigenvalue weighted by atomic mass is 10.0. The van der Waals surface area contributed by atoms with E-state index in [1.807, 2.05) is 48.5 Å². The third kappa shape index (κ3) is 4.81. The van der Waals surface area contributed by atoms with Crippen molar-refractivity contribution in [2.24, 2.45) is 0 Å². The summed E-state index contributed by atoms with van der Waals surface area (Å²) in [6, 6.07) is 22.9. The molecule has 1 atom stereocenters. The highest BCUT2D eigenvalue weighted by Crippen LogP contribution is 2.34. The fourth-order valence-corrected chi connectivity index (χ4v) is 4.46. The normalized spacial score (nSPS) is 18.1. The SMILES string of the molecule is Fc1ccccc1CN1CCCN(Cc2ccccc2Cl)[C@@H]1c1cccc(Cl)c1. The Morgan fingerprint density at radius 2 is 1.45 bits per heavy atom. The zero-order chi connectivity index (χ0) is 20.2. The van der Waals surface area contributed by atoms with E-state index < -0.39 is 0 Å². The molecule has 2 nitrogen and oxygen atoms in total. The van der Waals surface area contributed by atoms with Crippen molar-refractivity contribution in [3.05, 3.63) is 105 Å². The Labute approximate surface area is 181 Å². The van der Waals surface area contributed by atoms with E-state index in [0.29, 0.717) is 17.1 Å². The van der Waals surface area contributed by atoms with Gasteiger partial charge in [-0.05, 0) is 41.8 Å². The molecule has 1 aliphatic rings. The second-order valence-electron chi connectivity index (χ2n) is 7.41. The van der Waals surface area contributed by atoms with Crippen molar-refractivity contribution in [2.45, 2.75) is 25.7 Å². The van der Waals surface area contributed by atoms with Crippen molar-refractivity contribution in [1.82, 2.24) is 9.80 Å². The van der Waals surface area contributed by atoms with Gasteiger partial charge in [-0.3, -0.25) is 9.80 Å². The Kier molecular flexibility index (Phi) is 6.51. The molecule has 1 aliphatic heterocycles. The molecule has 1 heterocycles. The minimum Gasteiger partial charge on any atom is -0.280 e. The molecule has 1 saturated heterocycles. The maximum absolute atomic E-state index is 14.4. The Morgan fingerprint density at radius 1 is 0.793 bits per heavy atom. The molecule has 3 aromatic rings.